The smallest absolute Gasteiger partial charge is 0.379 e. The fourth-order valence-corrected chi connectivity index (χ4v) is 3.56. The van der Waals surface area contributed by atoms with Crippen molar-refractivity contribution in [1.82, 2.24) is 9.66 Å². The lowest BCUT2D eigenvalue weighted by Crippen LogP contribution is -2.20. The van der Waals surface area contributed by atoms with Crippen LogP contribution in [0.3, 0.4) is 0 Å². The van der Waals surface area contributed by atoms with Gasteiger partial charge in [0.2, 0.25) is 11.5 Å². The number of hydrogen-bond acceptors (Lipinski definition) is 8. The van der Waals surface area contributed by atoms with Crippen molar-refractivity contribution in [3.05, 3.63) is 123 Å². The van der Waals surface area contributed by atoms with E-state index in [9.17, 15) is 19.7 Å². The summed E-state index contributed by atoms with van der Waals surface area (Å²) in [6.45, 7) is 0. The van der Waals surface area contributed by atoms with E-state index >= 15 is 0 Å². The van der Waals surface area contributed by atoms with Crippen LogP contribution < -0.4 is 10.3 Å². The summed E-state index contributed by atoms with van der Waals surface area (Å²) in [6.07, 6.45) is 2.49. The molecule has 0 spiro atoms. The Morgan fingerprint density at radius 2 is 1.78 bits per heavy atom. The number of para-hydroxylation sites is 2. The predicted molar refractivity (Wildman–Crippen MR) is 131 cm³/mol. The van der Waals surface area contributed by atoms with E-state index in [1.807, 2.05) is 6.07 Å². The molecule has 0 N–H and O–H groups in total. The van der Waals surface area contributed by atoms with E-state index in [1.54, 1.807) is 48.5 Å². The third-order valence-electron chi connectivity index (χ3n) is 5.24. The molecule has 3 aromatic carbocycles. The Labute approximate surface area is 202 Å². The Hall–Kier alpha value is -5.38. The topological polar surface area (TPSA) is 130 Å². The second kappa shape index (κ2) is 9.47. The number of ether oxygens (including phenoxy) is 1. The molecule has 0 aliphatic carbocycles. The molecule has 0 saturated heterocycles. The van der Waals surface area contributed by atoms with Crippen molar-refractivity contribution in [1.29, 1.82) is 0 Å². The molecule has 36 heavy (non-hydrogen) atoms. The summed E-state index contributed by atoms with van der Waals surface area (Å²) in [5.74, 6) is -1.11. The van der Waals surface area contributed by atoms with E-state index in [0.29, 0.717) is 16.5 Å². The number of esters is 1. The predicted octanol–water partition coefficient (Wildman–Crippen LogP) is 4.67. The quantitative estimate of drug-likeness (QED) is 0.114. The van der Waals surface area contributed by atoms with Gasteiger partial charge < -0.3 is 9.15 Å². The molecule has 0 radical (unpaired) electrons. The first-order valence-corrected chi connectivity index (χ1v) is 10.7. The molecule has 0 unspecified atom stereocenters. The van der Waals surface area contributed by atoms with Crippen molar-refractivity contribution in [2.75, 3.05) is 0 Å². The lowest BCUT2D eigenvalue weighted by Gasteiger charge is -2.10. The van der Waals surface area contributed by atoms with Crippen molar-refractivity contribution in [3.8, 4) is 17.1 Å². The number of nitro groups is 1. The lowest BCUT2D eigenvalue weighted by molar-refractivity contribution is -0.385. The van der Waals surface area contributed by atoms with E-state index in [4.69, 9.17) is 9.15 Å². The minimum atomic E-state index is -0.918. The van der Waals surface area contributed by atoms with E-state index in [-0.39, 0.29) is 22.9 Å². The monoisotopic (exact) mass is 480 g/mol. The molecule has 0 aliphatic heterocycles. The molecular weight excluding hydrogens is 464 g/mol. The van der Waals surface area contributed by atoms with Crippen LogP contribution in [0.1, 0.15) is 16.1 Å². The van der Waals surface area contributed by atoms with Crippen LogP contribution in [0, 0.1) is 10.1 Å². The normalized spacial score (nSPS) is 11.1. The van der Waals surface area contributed by atoms with Crippen molar-refractivity contribution in [3.63, 3.8) is 0 Å². The molecule has 176 valence electrons. The Kier molecular flexibility index (Phi) is 5.90. The van der Waals surface area contributed by atoms with Gasteiger partial charge in [-0.05, 0) is 30.3 Å². The number of carbonyl (C=O) groups excluding carboxylic acids is 1. The van der Waals surface area contributed by atoms with Crippen LogP contribution in [0.25, 0.3) is 22.3 Å². The van der Waals surface area contributed by atoms with E-state index in [0.717, 1.165) is 4.68 Å². The third kappa shape index (κ3) is 4.26. The summed E-state index contributed by atoms with van der Waals surface area (Å²) < 4.78 is 11.4. The molecule has 0 atom stereocenters. The number of rotatable bonds is 6. The van der Waals surface area contributed by atoms with Crippen molar-refractivity contribution in [2.45, 2.75) is 0 Å². The summed E-state index contributed by atoms with van der Waals surface area (Å²) in [5.41, 5.74) is 0.349. The summed E-state index contributed by atoms with van der Waals surface area (Å²) in [7, 11) is 0. The first kappa shape index (κ1) is 22.4. The van der Waals surface area contributed by atoms with Crippen LogP contribution in [-0.2, 0) is 0 Å². The van der Waals surface area contributed by atoms with Crippen LogP contribution >= 0.6 is 0 Å². The number of benzene rings is 3. The highest BCUT2D eigenvalue weighted by atomic mass is 16.6. The summed E-state index contributed by atoms with van der Waals surface area (Å²) in [6, 6.07) is 22.8. The van der Waals surface area contributed by atoms with Gasteiger partial charge in [-0.3, -0.25) is 14.9 Å². The molecule has 0 bridgehead atoms. The number of nitro benzene ring substituents is 1. The molecule has 2 aromatic heterocycles. The fourth-order valence-electron chi connectivity index (χ4n) is 3.56. The molecular formula is C26H16N4O6. The van der Waals surface area contributed by atoms with Crippen LogP contribution in [0.15, 0.2) is 106 Å². The van der Waals surface area contributed by atoms with Gasteiger partial charge in [-0.1, -0.05) is 48.5 Å². The molecule has 0 fully saturated rings. The Morgan fingerprint density at radius 1 is 1.00 bits per heavy atom. The molecule has 2 heterocycles. The highest BCUT2D eigenvalue weighted by molar-refractivity contribution is 5.93. The molecule has 10 nitrogen and oxygen atoms in total. The third-order valence-corrected chi connectivity index (χ3v) is 5.24. The standard InChI is InChI=1S/C26H16N4O6/c31-25-19-11-4-5-12-20(19)28-24(17-8-2-1-3-9-17)29(25)27-16-18-10-6-13-21(30(33)34)23(18)36-26(32)22-14-7-15-35-22/h1-16H. The highest BCUT2D eigenvalue weighted by Crippen LogP contribution is 2.31. The van der Waals surface area contributed by atoms with Gasteiger partial charge in [0.05, 0.1) is 28.3 Å². The second-order valence-corrected chi connectivity index (χ2v) is 7.50. The molecule has 0 amide bonds. The van der Waals surface area contributed by atoms with Gasteiger partial charge >= 0.3 is 11.7 Å². The molecule has 5 aromatic rings. The zero-order chi connectivity index (χ0) is 25.1. The van der Waals surface area contributed by atoms with Crippen LogP contribution in [-0.4, -0.2) is 26.8 Å². The minimum Gasteiger partial charge on any atom is -0.457 e. The number of hydrogen-bond donors (Lipinski definition) is 0. The average molecular weight is 480 g/mol. The zero-order valence-electron chi connectivity index (χ0n) is 18.5. The van der Waals surface area contributed by atoms with Crippen LogP contribution in [0.5, 0.6) is 5.75 Å². The number of carbonyl (C=O) groups is 1. The largest absolute Gasteiger partial charge is 0.457 e. The maximum absolute atomic E-state index is 13.3. The van der Waals surface area contributed by atoms with Gasteiger partial charge in [0.1, 0.15) is 0 Å². The number of nitrogens with zero attached hydrogens (tertiary/aromatic N) is 4. The maximum Gasteiger partial charge on any atom is 0.379 e. The molecule has 5 rings (SSSR count). The summed E-state index contributed by atoms with van der Waals surface area (Å²) >= 11 is 0. The fraction of sp³-hybridized carbons (Fsp3) is 0. The number of furan rings is 1. The number of aromatic nitrogens is 2. The van der Waals surface area contributed by atoms with E-state index < -0.39 is 22.1 Å². The van der Waals surface area contributed by atoms with E-state index in [1.165, 1.54) is 42.8 Å². The first-order chi connectivity index (χ1) is 17.5. The zero-order valence-corrected chi connectivity index (χ0v) is 18.5. The first-order valence-electron chi connectivity index (χ1n) is 10.7. The van der Waals surface area contributed by atoms with Crippen molar-refractivity contribution < 1.29 is 18.9 Å². The minimum absolute atomic E-state index is 0.100. The Balaban J connectivity index is 1.65. The van der Waals surface area contributed by atoms with E-state index in [2.05, 4.69) is 10.1 Å². The summed E-state index contributed by atoms with van der Waals surface area (Å²) in [4.78, 5) is 41.4. The van der Waals surface area contributed by atoms with Gasteiger partial charge in [-0.25, -0.2) is 9.78 Å². The SMILES string of the molecule is O=C(Oc1c(C=Nn2c(-c3ccccc3)nc3ccccc3c2=O)cccc1[N+](=O)[O-])c1ccco1. The average Bonchev–Trinajstić information content (AvgIpc) is 3.44. The van der Waals surface area contributed by atoms with Crippen molar-refractivity contribution >= 4 is 28.8 Å². The van der Waals surface area contributed by atoms with Gasteiger partial charge in [0.25, 0.3) is 5.56 Å². The van der Waals surface area contributed by atoms with Crippen molar-refractivity contribution in [2.24, 2.45) is 5.10 Å². The Morgan fingerprint density at radius 3 is 2.53 bits per heavy atom. The second-order valence-electron chi connectivity index (χ2n) is 7.50. The maximum atomic E-state index is 13.3. The number of fused-ring (bicyclic) bond motifs is 1. The molecule has 10 heteroatoms. The van der Waals surface area contributed by atoms with Gasteiger partial charge in [-0.2, -0.15) is 9.78 Å². The van der Waals surface area contributed by atoms with Crippen LogP contribution in [0.2, 0.25) is 0 Å². The molecule has 0 saturated carbocycles. The summed E-state index contributed by atoms with van der Waals surface area (Å²) in [5, 5.41) is 16.3. The Bertz CT molecular complexity index is 1670. The van der Waals surface area contributed by atoms with Crippen LogP contribution in [0.4, 0.5) is 5.69 Å². The highest BCUT2D eigenvalue weighted by Gasteiger charge is 2.23. The lowest BCUT2D eigenvalue weighted by atomic mass is 10.2. The van der Waals surface area contributed by atoms with Gasteiger partial charge in [0, 0.05) is 17.2 Å². The van der Waals surface area contributed by atoms with Gasteiger partial charge in [0.15, 0.2) is 5.82 Å². The molecule has 0 aliphatic rings. The van der Waals surface area contributed by atoms with Gasteiger partial charge in [-0.15, -0.1) is 0 Å².